The Labute approximate surface area is 261 Å². The molecule has 0 radical (unpaired) electrons. The summed E-state index contributed by atoms with van der Waals surface area (Å²) < 4.78 is 26.8. The summed E-state index contributed by atoms with van der Waals surface area (Å²) >= 11 is 6.14. The number of aryl methyl sites for hydroxylation is 1. The molecule has 0 spiro atoms. The van der Waals surface area contributed by atoms with Gasteiger partial charge in [-0.25, -0.2) is 8.42 Å². The highest BCUT2D eigenvalue weighted by Crippen LogP contribution is 2.24. The van der Waals surface area contributed by atoms with Crippen molar-refractivity contribution in [3.05, 3.63) is 101 Å². The monoisotopic (exact) mass is 623 g/mol. The molecular formula is C34H42ClN3O4S. The van der Waals surface area contributed by atoms with E-state index in [1.54, 1.807) is 29.2 Å². The summed E-state index contributed by atoms with van der Waals surface area (Å²) in [6, 6.07) is 23.7. The number of carbonyl (C=O) groups is 2. The molecule has 2 amide bonds. The van der Waals surface area contributed by atoms with E-state index in [4.69, 9.17) is 11.6 Å². The molecule has 1 aliphatic carbocycles. The summed E-state index contributed by atoms with van der Waals surface area (Å²) in [6.07, 6.45) is 7.17. The number of halogens is 1. The van der Waals surface area contributed by atoms with Crippen LogP contribution < -0.4 is 9.62 Å². The molecule has 0 unspecified atom stereocenters. The molecule has 0 bridgehead atoms. The van der Waals surface area contributed by atoms with Gasteiger partial charge < -0.3 is 10.2 Å². The molecule has 4 rings (SSSR count). The average molecular weight is 624 g/mol. The summed E-state index contributed by atoms with van der Waals surface area (Å²) in [5.41, 5.74) is 3.26. The van der Waals surface area contributed by atoms with Crippen molar-refractivity contribution in [2.24, 2.45) is 0 Å². The number of hydrogen-bond acceptors (Lipinski definition) is 4. The molecule has 0 heterocycles. The van der Waals surface area contributed by atoms with Gasteiger partial charge in [0.2, 0.25) is 21.8 Å². The number of hydrogen-bond donors (Lipinski definition) is 1. The van der Waals surface area contributed by atoms with Crippen LogP contribution in [0.25, 0.3) is 0 Å². The van der Waals surface area contributed by atoms with Gasteiger partial charge in [0, 0.05) is 37.0 Å². The summed E-state index contributed by atoms with van der Waals surface area (Å²) in [6.45, 7) is 2.26. The lowest BCUT2D eigenvalue weighted by Gasteiger charge is -2.34. The molecule has 1 aliphatic rings. The van der Waals surface area contributed by atoms with Crippen LogP contribution >= 0.6 is 11.6 Å². The Balaban J connectivity index is 1.59. The number of amides is 2. The van der Waals surface area contributed by atoms with E-state index in [0.717, 1.165) is 42.4 Å². The van der Waals surface area contributed by atoms with E-state index < -0.39 is 16.1 Å². The maximum Gasteiger partial charge on any atom is 0.243 e. The first-order valence-electron chi connectivity index (χ1n) is 15.0. The smallest absolute Gasteiger partial charge is 0.243 e. The molecule has 3 aromatic carbocycles. The van der Waals surface area contributed by atoms with Gasteiger partial charge in [-0.2, -0.15) is 0 Å². The third-order valence-electron chi connectivity index (χ3n) is 8.03. The number of anilines is 1. The maximum absolute atomic E-state index is 14.0. The lowest BCUT2D eigenvalue weighted by Crippen LogP contribution is -2.52. The minimum atomic E-state index is -3.57. The fourth-order valence-electron chi connectivity index (χ4n) is 5.71. The lowest BCUT2D eigenvalue weighted by molar-refractivity contribution is -0.141. The van der Waals surface area contributed by atoms with Crippen LogP contribution in [0.3, 0.4) is 0 Å². The standard InChI is InChI=1S/C34H42ClN3O4S/c1-26-12-9-10-17-31(26)38(43(2,41)42)23-11-18-33(39)37(25-28-19-21-29(35)22-20-28)32(24-27-13-5-3-6-14-27)34(40)36-30-15-7-4-8-16-30/h3,5-6,9-10,12-14,17,19-22,30,32H,4,7-8,11,15-16,18,23-25H2,1-2H3,(H,36,40)/t32-/m1/s1. The Bertz CT molecular complexity index is 1460. The van der Waals surface area contributed by atoms with Crippen LogP contribution in [0.4, 0.5) is 5.69 Å². The SMILES string of the molecule is Cc1ccccc1N(CCCC(=O)N(Cc1ccc(Cl)cc1)[C@H](Cc1ccccc1)C(=O)NC1CCCCC1)S(C)(=O)=O. The van der Waals surface area contributed by atoms with Crippen LogP contribution in [0.15, 0.2) is 78.9 Å². The van der Waals surface area contributed by atoms with E-state index in [1.807, 2.05) is 61.5 Å². The first-order chi connectivity index (χ1) is 20.6. The van der Waals surface area contributed by atoms with E-state index in [1.165, 1.54) is 17.0 Å². The molecular weight excluding hydrogens is 582 g/mol. The summed E-state index contributed by atoms with van der Waals surface area (Å²) in [5.74, 6) is -0.358. The Morgan fingerprint density at radius 2 is 1.56 bits per heavy atom. The highest BCUT2D eigenvalue weighted by molar-refractivity contribution is 7.92. The van der Waals surface area contributed by atoms with Crippen LogP contribution in [0.5, 0.6) is 0 Å². The fraction of sp³-hybridized carbons (Fsp3) is 0.412. The van der Waals surface area contributed by atoms with Crippen LogP contribution in [-0.4, -0.2) is 50.0 Å². The van der Waals surface area contributed by atoms with E-state index in [-0.39, 0.29) is 37.4 Å². The summed E-state index contributed by atoms with van der Waals surface area (Å²) in [7, 11) is -3.57. The van der Waals surface area contributed by atoms with Gasteiger partial charge in [0.1, 0.15) is 6.04 Å². The van der Waals surface area contributed by atoms with Gasteiger partial charge in [0.15, 0.2) is 0 Å². The number of para-hydroxylation sites is 1. The molecule has 0 aliphatic heterocycles. The normalized spacial score (nSPS) is 14.6. The second-order valence-electron chi connectivity index (χ2n) is 11.4. The van der Waals surface area contributed by atoms with Crippen LogP contribution in [0.1, 0.15) is 61.6 Å². The first kappa shape index (κ1) is 32.6. The van der Waals surface area contributed by atoms with Gasteiger partial charge in [-0.1, -0.05) is 91.5 Å². The fourth-order valence-corrected chi connectivity index (χ4v) is 6.86. The number of nitrogens with zero attached hydrogens (tertiary/aromatic N) is 2. The van der Waals surface area contributed by atoms with Crippen molar-refractivity contribution in [1.82, 2.24) is 10.2 Å². The number of nitrogens with one attached hydrogen (secondary N) is 1. The maximum atomic E-state index is 14.0. The largest absolute Gasteiger partial charge is 0.352 e. The van der Waals surface area contributed by atoms with Crippen LogP contribution in [0.2, 0.25) is 5.02 Å². The minimum Gasteiger partial charge on any atom is -0.352 e. The molecule has 1 atom stereocenters. The molecule has 1 N–H and O–H groups in total. The number of rotatable bonds is 13. The third kappa shape index (κ3) is 9.57. The number of benzene rings is 3. The van der Waals surface area contributed by atoms with Crippen molar-refractivity contribution in [3.8, 4) is 0 Å². The van der Waals surface area contributed by atoms with Crippen molar-refractivity contribution < 1.29 is 18.0 Å². The van der Waals surface area contributed by atoms with Crippen molar-refractivity contribution in [1.29, 1.82) is 0 Å². The molecule has 3 aromatic rings. The second kappa shape index (κ2) is 15.4. The zero-order valence-corrected chi connectivity index (χ0v) is 26.6. The highest BCUT2D eigenvalue weighted by atomic mass is 35.5. The highest BCUT2D eigenvalue weighted by Gasteiger charge is 2.32. The van der Waals surface area contributed by atoms with Crippen LogP contribution in [-0.2, 0) is 32.6 Å². The number of carbonyl (C=O) groups excluding carboxylic acids is 2. The Morgan fingerprint density at radius 1 is 0.907 bits per heavy atom. The molecule has 43 heavy (non-hydrogen) atoms. The lowest BCUT2D eigenvalue weighted by atomic mass is 9.94. The van der Waals surface area contributed by atoms with Crippen molar-refractivity contribution in [2.75, 3.05) is 17.1 Å². The second-order valence-corrected chi connectivity index (χ2v) is 13.8. The predicted octanol–water partition coefficient (Wildman–Crippen LogP) is 6.28. The van der Waals surface area contributed by atoms with Gasteiger partial charge in [0.05, 0.1) is 11.9 Å². The quantitative estimate of drug-likeness (QED) is 0.243. The first-order valence-corrected chi connectivity index (χ1v) is 17.3. The Kier molecular flexibility index (Phi) is 11.7. The zero-order valence-electron chi connectivity index (χ0n) is 25.0. The molecule has 7 nitrogen and oxygen atoms in total. The van der Waals surface area contributed by atoms with Gasteiger partial charge in [-0.05, 0) is 61.1 Å². The molecule has 0 aromatic heterocycles. The third-order valence-corrected chi connectivity index (χ3v) is 9.46. The van der Waals surface area contributed by atoms with Crippen LogP contribution in [0, 0.1) is 6.92 Å². The summed E-state index contributed by atoms with van der Waals surface area (Å²) in [4.78, 5) is 29.6. The number of sulfonamides is 1. The minimum absolute atomic E-state index is 0.0908. The van der Waals surface area contributed by atoms with Gasteiger partial charge in [0.25, 0.3) is 0 Å². The Morgan fingerprint density at radius 3 is 2.21 bits per heavy atom. The van der Waals surface area contributed by atoms with E-state index in [0.29, 0.717) is 23.6 Å². The van der Waals surface area contributed by atoms with Gasteiger partial charge >= 0.3 is 0 Å². The van der Waals surface area contributed by atoms with Crippen molar-refractivity contribution in [3.63, 3.8) is 0 Å². The van der Waals surface area contributed by atoms with E-state index in [9.17, 15) is 18.0 Å². The molecule has 0 saturated heterocycles. The van der Waals surface area contributed by atoms with E-state index in [2.05, 4.69) is 5.32 Å². The topological polar surface area (TPSA) is 86.8 Å². The summed E-state index contributed by atoms with van der Waals surface area (Å²) in [5, 5.41) is 3.84. The molecule has 9 heteroatoms. The molecule has 1 fully saturated rings. The average Bonchev–Trinajstić information content (AvgIpc) is 2.99. The van der Waals surface area contributed by atoms with Crippen molar-refractivity contribution >= 4 is 39.1 Å². The predicted molar refractivity (Wildman–Crippen MR) is 174 cm³/mol. The Hall–Kier alpha value is -3.36. The van der Waals surface area contributed by atoms with Gasteiger partial charge in [-0.3, -0.25) is 13.9 Å². The zero-order chi connectivity index (χ0) is 30.8. The molecule has 230 valence electrons. The van der Waals surface area contributed by atoms with Gasteiger partial charge in [-0.15, -0.1) is 0 Å². The molecule has 1 saturated carbocycles. The van der Waals surface area contributed by atoms with Crippen molar-refractivity contribution in [2.45, 2.75) is 76.9 Å². The van der Waals surface area contributed by atoms with E-state index >= 15 is 0 Å².